The van der Waals surface area contributed by atoms with Gasteiger partial charge in [-0.3, -0.25) is 0 Å². The summed E-state index contributed by atoms with van der Waals surface area (Å²) in [5.41, 5.74) is 2.18. The number of halogens is 2. The van der Waals surface area contributed by atoms with Gasteiger partial charge in [0.05, 0.1) is 12.7 Å². The largest absolute Gasteiger partial charge is 0.494 e. The predicted molar refractivity (Wildman–Crippen MR) is 100 cm³/mol. The van der Waals surface area contributed by atoms with Gasteiger partial charge in [0.2, 0.25) is 5.82 Å². The zero-order chi connectivity index (χ0) is 18.5. The standard InChI is InChI=1S/C23H24F2O/c1-3-16-4-9-18(10-5-16)19-11-6-17(7-12-19)8-13-20-14-15-21(26-2)23(25)22(20)24/h6-7,11-12,14-16,18H,3-5,9-10H2,1-2H3/t16-,18-. The zero-order valence-electron chi connectivity index (χ0n) is 15.3. The van der Waals surface area contributed by atoms with Crippen LogP contribution in [0.1, 0.15) is 61.6 Å². The van der Waals surface area contributed by atoms with Gasteiger partial charge in [0.15, 0.2) is 11.6 Å². The van der Waals surface area contributed by atoms with Crippen molar-refractivity contribution in [2.45, 2.75) is 44.9 Å². The first kappa shape index (κ1) is 18.5. The summed E-state index contributed by atoms with van der Waals surface area (Å²) in [6, 6.07) is 11.0. The molecule has 0 amide bonds. The van der Waals surface area contributed by atoms with Crippen molar-refractivity contribution in [3.05, 3.63) is 64.7 Å². The first-order valence-electron chi connectivity index (χ1n) is 9.26. The second-order valence-corrected chi connectivity index (χ2v) is 6.94. The van der Waals surface area contributed by atoms with Crippen molar-refractivity contribution >= 4 is 0 Å². The fourth-order valence-electron chi connectivity index (χ4n) is 3.67. The van der Waals surface area contributed by atoms with Crippen molar-refractivity contribution in [3.63, 3.8) is 0 Å². The third-order valence-electron chi connectivity index (χ3n) is 5.41. The van der Waals surface area contributed by atoms with E-state index in [0.29, 0.717) is 5.92 Å². The normalized spacial score (nSPS) is 19.5. The Bertz CT molecular complexity index is 807. The highest BCUT2D eigenvalue weighted by Gasteiger charge is 2.21. The minimum Gasteiger partial charge on any atom is -0.494 e. The van der Waals surface area contributed by atoms with Crippen LogP contribution in [-0.2, 0) is 0 Å². The molecule has 136 valence electrons. The topological polar surface area (TPSA) is 9.23 Å². The summed E-state index contributed by atoms with van der Waals surface area (Å²) in [7, 11) is 1.31. The summed E-state index contributed by atoms with van der Waals surface area (Å²) >= 11 is 0. The van der Waals surface area contributed by atoms with Crippen LogP contribution in [0.15, 0.2) is 36.4 Å². The Hall–Kier alpha value is -2.34. The van der Waals surface area contributed by atoms with Crippen molar-refractivity contribution in [3.8, 4) is 17.6 Å². The van der Waals surface area contributed by atoms with Gasteiger partial charge in [-0.05, 0) is 67.3 Å². The van der Waals surface area contributed by atoms with E-state index in [-0.39, 0.29) is 11.3 Å². The molecule has 0 aromatic heterocycles. The third kappa shape index (κ3) is 4.07. The third-order valence-corrected chi connectivity index (χ3v) is 5.41. The van der Waals surface area contributed by atoms with Crippen LogP contribution in [0, 0.1) is 29.4 Å². The molecule has 0 unspecified atom stereocenters. The molecule has 2 aromatic carbocycles. The fraction of sp³-hybridized carbons (Fsp3) is 0.391. The first-order chi connectivity index (χ1) is 12.6. The maximum atomic E-state index is 14.0. The molecule has 0 heterocycles. The van der Waals surface area contributed by atoms with Crippen molar-refractivity contribution in [2.24, 2.45) is 5.92 Å². The van der Waals surface area contributed by atoms with E-state index in [4.69, 9.17) is 4.74 Å². The van der Waals surface area contributed by atoms with E-state index < -0.39 is 11.6 Å². The lowest BCUT2D eigenvalue weighted by molar-refractivity contribution is 0.319. The predicted octanol–water partition coefficient (Wildman–Crippen LogP) is 6.06. The van der Waals surface area contributed by atoms with Gasteiger partial charge in [-0.15, -0.1) is 0 Å². The molecule has 1 saturated carbocycles. The molecule has 0 radical (unpaired) electrons. The first-order valence-corrected chi connectivity index (χ1v) is 9.26. The van der Waals surface area contributed by atoms with E-state index in [2.05, 4.69) is 30.9 Å². The molecule has 0 bridgehead atoms. The molecule has 3 heteroatoms. The molecule has 1 nitrogen and oxygen atoms in total. The summed E-state index contributed by atoms with van der Waals surface area (Å²) in [5.74, 6) is 5.06. The van der Waals surface area contributed by atoms with Crippen molar-refractivity contribution in [1.82, 2.24) is 0 Å². The van der Waals surface area contributed by atoms with Gasteiger partial charge < -0.3 is 4.74 Å². The molecule has 3 rings (SSSR count). The highest BCUT2D eigenvalue weighted by atomic mass is 19.2. The number of hydrogen-bond donors (Lipinski definition) is 0. The lowest BCUT2D eigenvalue weighted by Gasteiger charge is -2.28. The average molecular weight is 354 g/mol. The van der Waals surface area contributed by atoms with Gasteiger partial charge in [0.1, 0.15) is 0 Å². The molecule has 1 aliphatic carbocycles. The number of hydrogen-bond acceptors (Lipinski definition) is 1. The number of benzene rings is 2. The van der Waals surface area contributed by atoms with Gasteiger partial charge in [0, 0.05) is 5.56 Å². The van der Waals surface area contributed by atoms with Crippen LogP contribution in [0.25, 0.3) is 0 Å². The van der Waals surface area contributed by atoms with Crippen LogP contribution < -0.4 is 4.74 Å². The highest BCUT2D eigenvalue weighted by Crippen LogP contribution is 2.36. The number of methoxy groups -OCH3 is 1. The van der Waals surface area contributed by atoms with Crippen LogP contribution in [0.2, 0.25) is 0 Å². The van der Waals surface area contributed by atoms with E-state index >= 15 is 0 Å². The smallest absolute Gasteiger partial charge is 0.201 e. The monoisotopic (exact) mass is 354 g/mol. The molecule has 0 spiro atoms. The summed E-state index contributed by atoms with van der Waals surface area (Å²) in [6.07, 6.45) is 6.40. The second kappa shape index (κ2) is 8.36. The lowest BCUT2D eigenvalue weighted by atomic mass is 9.78. The van der Waals surface area contributed by atoms with Gasteiger partial charge in [0.25, 0.3) is 0 Å². The van der Waals surface area contributed by atoms with Crippen molar-refractivity contribution in [2.75, 3.05) is 7.11 Å². The van der Waals surface area contributed by atoms with E-state index in [1.54, 1.807) is 0 Å². The second-order valence-electron chi connectivity index (χ2n) is 6.94. The maximum Gasteiger partial charge on any atom is 0.201 e. The maximum absolute atomic E-state index is 14.0. The minimum atomic E-state index is -1.00. The van der Waals surface area contributed by atoms with E-state index in [1.165, 1.54) is 56.9 Å². The van der Waals surface area contributed by atoms with Gasteiger partial charge in [-0.1, -0.05) is 37.3 Å². The highest BCUT2D eigenvalue weighted by molar-refractivity contribution is 5.46. The zero-order valence-corrected chi connectivity index (χ0v) is 15.3. The molecule has 0 aliphatic heterocycles. The van der Waals surface area contributed by atoms with E-state index in [1.807, 2.05) is 12.1 Å². The number of rotatable bonds is 3. The van der Waals surface area contributed by atoms with Gasteiger partial charge in [-0.25, -0.2) is 4.39 Å². The molecule has 0 saturated heterocycles. The molecule has 26 heavy (non-hydrogen) atoms. The Kier molecular flexibility index (Phi) is 5.93. The lowest BCUT2D eigenvalue weighted by Crippen LogP contribution is -2.12. The molecular formula is C23H24F2O. The van der Waals surface area contributed by atoms with Crippen LogP contribution in [-0.4, -0.2) is 7.11 Å². The Labute approximate surface area is 154 Å². The van der Waals surface area contributed by atoms with Gasteiger partial charge in [-0.2, -0.15) is 4.39 Å². The molecule has 1 fully saturated rings. The Morgan fingerprint density at radius 3 is 2.23 bits per heavy atom. The molecule has 1 aliphatic rings. The Morgan fingerprint density at radius 2 is 1.62 bits per heavy atom. The van der Waals surface area contributed by atoms with Crippen LogP contribution in [0.4, 0.5) is 8.78 Å². The molecule has 0 atom stereocenters. The fourth-order valence-corrected chi connectivity index (χ4v) is 3.67. The summed E-state index contributed by atoms with van der Waals surface area (Å²) in [4.78, 5) is 0. The van der Waals surface area contributed by atoms with Crippen LogP contribution in [0.3, 0.4) is 0 Å². The molecule has 2 aromatic rings. The number of ether oxygens (including phenoxy) is 1. The Balaban J connectivity index is 1.71. The quantitative estimate of drug-likeness (QED) is 0.609. The van der Waals surface area contributed by atoms with E-state index in [0.717, 1.165) is 11.5 Å². The summed E-state index contributed by atoms with van der Waals surface area (Å²) in [6.45, 7) is 2.27. The van der Waals surface area contributed by atoms with Crippen molar-refractivity contribution < 1.29 is 13.5 Å². The summed E-state index contributed by atoms with van der Waals surface area (Å²) < 4.78 is 32.5. The van der Waals surface area contributed by atoms with E-state index in [9.17, 15) is 8.78 Å². The van der Waals surface area contributed by atoms with Crippen LogP contribution in [0.5, 0.6) is 5.75 Å². The average Bonchev–Trinajstić information content (AvgIpc) is 2.70. The Morgan fingerprint density at radius 1 is 0.923 bits per heavy atom. The van der Waals surface area contributed by atoms with Gasteiger partial charge >= 0.3 is 0 Å². The van der Waals surface area contributed by atoms with Crippen LogP contribution >= 0.6 is 0 Å². The SMILES string of the molecule is CC[C@H]1CC[C@H](c2ccc(C#Cc3ccc(OC)c(F)c3F)cc2)CC1. The summed E-state index contributed by atoms with van der Waals surface area (Å²) in [5, 5.41) is 0. The molecular weight excluding hydrogens is 330 g/mol. The van der Waals surface area contributed by atoms with Crippen molar-refractivity contribution in [1.29, 1.82) is 0 Å². The molecule has 0 N–H and O–H groups in total. The minimum absolute atomic E-state index is 0.0327.